The van der Waals surface area contributed by atoms with E-state index in [9.17, 15) is 5.11 Å². The van der Waals surface area contributed by atoms with Crippen molar-refractivity contribution >= 4 is 31.9 Å². The molecule has 1 aliphatic heterocycles. The van der Waals surface area contributed by atoms with Gasteiger partial charge < -0.3 is 14.6 Å². The number of pyridine rings is 1. The van der Waals surface area contributed by atoms with Gasteiger partial charge in [-0.05, 0) is 56.1 Å². The first-order valence-electron chi connectivity index (χ1n) is 6.42. The molecule has 6 heteroatoms. The summed E-state index contributed by atoms with van der Waals surface area (Å²) in [7, 11) is 1.60. The van der Waals surface area contributed by atoms with Crippen molar-refractivity contribution in [2.75, 3.05) is 7.11 Å². The highest BCUT2D eigenvalue weighted by Crippen LogP contribution is 2.43. The second-order valence-electron chi connectivity index (χ2n) is 4.78. The van der Waals surface area contributed by atoms with E-state index in [1.807, 2.05) is 18.2 Å². The van der Waals surface area contributed by atoms with E-state index >= 15 is 0 Å². The lowest BCUT2D eigenvalue weighted by Crippen LogP contribution is -2.20. The van der Waals surface area contributed by atoms with Gasteiger partial charge in [0, 0.05) is 27.1 Å². The Hall–Kier alpha value is -1.11. The molecule has 0 radical (unpaired) electrons. The molecule has 1 N–H and O–H groups in total. The fraction of sp³-hybridized carbons (Fsp3) is 0.267. The molecule has 0 saturated heterocycles. The largest absolute Gasteiger partial charge is 0.497 e. The van der Waals surface area contributed by atoms with Crippen molar-refractivity contribution in [3.05, 3.63) is 50.7 Å². The molecule has 4 nitrogen and oxygen atoms in total. The predicted octanol–water partition coefficient (Wildman–Crippen LogP) is 4.17. The SMILES string of the molecule is COc1ccc2c(c1)[C@@H](O)CC(c1ncc(Br)cc1Br)O2. The quantitative estimate of drug-likeness (QED) is 0.801. The molecular weight excluding hydrogens is 402 g/mol. The first-order chi connectivity index (χ1) is 10.1. The first-order valence-corrected chi connectivity index (χ1v) is 8.00. The molecule has 1 aliphatic rings. The molecule has 3 rings (SSSR count). The van der Waals surface area contributed by atoms with E-state index in [4.69, 9.17) is 9.47 Å². The number of benzene rings is 1. The molecule has 110 valence electrons. The van der Waals surface area contributed by atoms with Crippen molar-refractivity contribution in [2.45, 2.75) is 18.6 Å². The highest BCUT2D eigenvalue weighted by atomic mass is 79.9. The highest BCUT2D eigenvalue weighted by molar-refractivity contribution is 9.11. The van der Waals surface area contributed by atoms with Crippen molar-refractivity contribution in [3.8, 4) is 11.5 Å². The predicted molar refractivity (Wildman–Crippen MR) is 85.6 cm³/mol. The second-order valence-corrected chi connectivity index (χ2v) is 6.55. The number of rotatable bonds is 2. The molecule has 1 aromatic heterocycles. The van der Waals surface area contributed by atoms with Crippen LogP contribution in [0.15, 0.2) is 39.4 Å². The van der Waals surface area contributed by atoms with Crippen molar-refractivity contribution < 1.29 is 14.6 Å². The van der Waals surface area contributed by atoms with Gasteiger partial charge in [-0.15, -0.1) is 0 Å². The van der Waals surface area contributed by atoms with Crippen molar-refractivity contribution in [2.24, 2.45) is 0 Å². The summed E-state index contributed by atoms with van der Waals surface area (Å²) in [5.74, 6) is 1.37. The Balaban J connectivity index is 1.94. The summed E-state index contributed by atoms with van der Waals surface area (Å²) in [4.78, 5) is 4.39. The zero-order valence-electron chi connectivity index (χ0n) is 11.2. The van der Waals surface area contributed by atoms with Gasteiger partial charge in [0.15, 0.2) is 0 Å². The third kappa shape index (κ3) is 2.93. The van der Waals surface area contributed by atoms with Gasteiger partial charge in [-0.2, -0.15) is 0 Å². The van der Waals surface area contributed by atoms with Crippen LogP contribution in [0.2, 0.25) is 0 Å². The van der Waals surface area contributed by atoms with E-state index in [0.29, 0.717) is 17.9 Å². The fourth-order valence-corrected chi connectivity index (χ4v) is 3.62. The zero-order valence-corrected chi connectivity index (χ0v) is 14.4. The van der Waals surface area contributed by atoms with E-state index in [1.54, 1.807) is 19.4 Å². The van der Waals surface area contributed by atoms with E-state index in [-0.39, 0.29) is 6.10 Å². The Labute approximate surface area is 139 Å². The third-order valence-corrected chi connectivity index (χ3v) is 4.49. The first kappa shape index (κ1) is 14.8. The Morgan fingerprint density at radius 3 is 2.86 bits per heavy atom. The number of aliphatic hydroxyl groups excluding tert-OH is 1. The number of aromatic nitrogens is 1. The van der Waals surface area contributed by atoms with E-state index in [1.165, 1.54) is 0 Å². The van der Waals surface area contributed by atoms with Crippen LogP contribution >= 0.6 is 31.9 Å². The molecular formula is C15H13Br2NO3. The average molecular weight is 415 g/mol. The van der Waals surface area contributed by atoms with Gasteiger partial charge in [-0.3, -0.25) is 4.98 Å². The molecule has 0 spiro atoms. The fourth-order valence-electron chi connectivity index (χ4n) is 2.38. The number of fused-ring (bicyclic) bond motifs is 1. The molecule has 2 heterocycles. The molecule has 0 amide bonds. The smallest absolute Gasteiger partial charge is 0.144 e. The van der Waals surface area contributed by atoms with Crippen LogP contribution < -0.4 is 9.47 Å². The number of hydrogen-bond donors (Lipinski definition) is 1. The minimum absolute atomic E-state index is 0.289. The average Bonchev–Trinajstić information content (AvgIpc) is 2.47. The van der Waals surface area contributed by atoms with E-state index in [2.05, 4.69) is 36.8 Å². The van der Waals surface area contributed by atoms with Gasteiger partial charge in [-0.1, -0.05) is 0 Å². The summed E-state index contributed by atoms with van der Waals surface area (Å²) in [6.45, 7) is 0. The summed E-state index contributed by atoms with van der Waals surface area (Å²) in [5.41, 5.74) is 1.53. The molecule has 1 unspecified atom stereocenters. The van der Waals surface area contributed by atoms with Crippen LogP contribution in [0.1, 0.15) is 29.9 Å². The maximum Gasteiger partial charge on any atom is 0.144 e. The number of methoxy groups -OCH3 is 1. The lowest BCUT2D eigenvalue weighted by molar-refractivity contribution is 0.0630. The number of nitrogens with zero attached hydrogens (tertiary/aromatic N) is 1. The Kier molecular flexibility index (Phi) is 4.19. The maximum atomic E-state index is 10.4. The summed E-state index contributed by atoms with van der Waals surface area (Å²) >= 11 is 6.87. The molecule has 2 atom stereocenters. The Bertz CT molecular complexity index is 678. The van der Waals surface area contributed by atoms with Gasteiger partial charge in [-0.25, -0.2) is 0 Å². The summed E-state index contributed by atoms with van der Waals surface area (Å²) < 4.78 is 12.9. The minimum atomic E-state index is -0.605. The Morgan fingerprint density at radius 1 is 1.33 bits per heavy atom. The van der Waals surface area contributed by atoms with Crippen LogP contribution in [0.5, 0.6) is 11.5 Å². The van der Waals surface area contributed by atoms with Gasteiger partial charge in [0.1, 0.15) is 17.6 Å². The highest BCUT2D eigenvalue weighted by Gasteiger charge is 2.30. The normalized spacial score (nSPS) is 20.6. The van der Waals surface area contributed by atoms with Crippen LogP contribution in [-0.2, 0) is 0 Å². The van der Waals surface area contributed by atoms with Gasteiger partial charge in [0.05, 0.1) is 18.9 Å². The van der Waals surface area contributed by atoms with Crippen LogP contribution in [0.3, 0.4) is 0 Å². The summed E-state index contributed by atoms with van der Waals surface area (Å²) in [6.07, 6.45) is 1.28. The lowest BCUT2D eigenvalue weighted by atomic mass is 9.97. The third-order valence-electron chi connectivity index (χ3n) is 3.42. The lowest BCUT2D eigenvalue weighted by Gasteiger charge is -2.30. The molecule has 21 heavy (non-hydrogen) atoms. The van der Waals surface area contributed by atoms with Gasteiger partial charge >= 0.3 is 0 Å². The summed E-state index contributed by atoms with van der Waals surface area (Å²) in [6, 6.07) is 7.36. The molecule has 0 aliphatic carbocycles. The van der Waals surface area contributed by atoms with Crippen molar-refractivity contribution in [1.82, 2.24) is 4.98 Å². The molecule has 1 aromatic carbocycles. The van der Waals surface area contributed by atoms with Crippen molar-refractivity contribution in [1.29, 1.82) is 0 Å². The molecule has 0 fully saturated rings. The molecule has 2 aromatic rings. The number of hydrogen-bond acceptors (Lipinski definition) is 4. The zero-order chi connectivity index (χ0) is 15.0. The molecule has 0 bridgehead atoms. The van der Waals surface area contributed by atoms with E-state index in [0.717, 1.165) is 20.2 Å². The topological polar surface area (TPSA) is 51.6 Å². The van der Waals surface area contributed by atoms with Crippen LogP contribution in [-0.4, -0.2) is 17.2 Å². The number of halogens is 2. The van der Waals surface area contributed by atoms with Crippen LogP contribution in [0, 0.1) is 0 Å². The van der Waals surface area contributed by atoms with E-state index < -0.39 is 6.10 Å². The maximum absolute atomic E-state index is 10.4. The summed E-state index contributed by atoms with van der Waals surface area (Å²) in [5, 5.41) is 10.4. The van der Waals surface area contributed by atoms with Gasteiger partial charge in [0.25, 0.3) is 0 Å². The Morgan fingerprint density at radius 2 is 2.14 bits per heavy atom. The van der Waals surface area contributed by atoms with Crippen LogP contribution in [0.25, 0.3) is 0 Å². The second kappa shape index (κ2) is 5.94. The standard InChI is InChI=1S/C15H13Br2NO3/c1-20-9-2-3-13-10(5-9)12(19)6-14(21-13)15-11(17)4-8(16)7-18-15/h2-5,7,12,14,19H,6H2,1H3/t12-,14?/m0/s1. The van der Waals surface area contributed by atoms with Gasteiger partial charge in [0.2, 0.25) is 0 Å². The number of aliphatic hydroxyl groups is 1. The van der Waals surface area contributed by atoms with Crippen molar-refractivity contribution in [3.63, 3.8) is 0 Å². The molecule has 0 saturated carbocycles. The number of ether oxygens (including phenoxy) is 2. The minimum Gasteiger partial charge on any atom is -0.497 e. The van der Waals surface area contributed by atoms with Crippen LogP contribution in [0.4, 0.5) is 0 Å². The monoisotopic (exact) mass is 413 g/mol.